The molecule has 0 aromatic heterocycles. The van der Waals surface area contributed by atoms with E-state index in [1.807, 2.05) is 0 Å². The van der Waals surface area contributed by atoms with E-state index in [2.05, 4.69) is 26.2 Å². The second-order valence-electron chi connectivity index (χ2n) is 7.62. The zero-order valence-electron chi connectivity index (χ0n) is 12.8. The molecule has 2 aliphatic rings. The van der Waals surface area contributed by atoms with E-state index in [-0.39, 0.29) is 0 Å². The maximum atomic E-state index is 3.62. The van der Waals surface area contributed by atoms with Crippen LogP contribution < -0.4 is 5.32 Å². The fourth-order valence-corrected chi connectivity index (χ4v) is 4.15. The molecule has 0 bridgehead atoms. The first-order chi connectivity index (χ1) is 8.61. The van der Waals surface area contributed by atoms with Crippen molar-refractivity contribution in [2.75, 3.05) is 7.05 Å². The molecule has 0 aliphatic heterocycles. The summed E-state index contributed by atoms with van der Waals surface area (Å²) in [4.78, 5) is 0. The monoisotopic (exact) mass is 251 g/mol. The van der Waals surface area contributed by atoms with Gasteiger partial charge in [0.1, 0.15) is 0 Å². The van der Waals surface area contributed by atoms with E-state index < -0.39 is 0 Å². The minimum absolute atomic E-state index is 0.611. The predicted molar refractivity (Wildman–Crippen MR) is 79.8 cm³/mol. The second kappa shape index (κ2) is 6.41. The van der Waals surface area contributed by atoms with E-state index in [0.717, 1.165) is 17.9 Å². The second-order valence-corrected chi connectivity index (χ2v) is 7.62. The number of rotatable bonds is 5. The Morgan fingerprint density at radius 2 is 1.67 bits per heavy atom. The van der Waals surface area contributed by atoms with Crippen molar-refractivity contribution < 1.29 is 0 Å². The van der Waals surface area contributed by atoms with Crippen LogP contribution in [-0.2, 0) is 0 Å². The molecule has 2 aliphatic carbocycles. The van der Waals surface area contributed by atoms with Crippen LogP contribution in [0.15, 0.2) is 0 Å². The zero-order valence-corrected chi connectivity index (χ0v) is 12.8. The topological polar surface area (TPSA) is 12.0 Å². The SMILES string of the molecule is CNC(CCC1CCCC1)C1CCC(C)(C)CC1. The lowest BCUT2D eigenvalue weighted by Crippen LogP contribution is -2.37. The molecule has 0 saturated heterocycles. The highest BCUT2D eigenvalue weighted by molar-refractivity contribution is 4.85. The van der Waals surface area contributed by atoms with Crippen molar-refractivity contribution in [1.82, 2.24) is 5.32 Å². The van der Waals surface area contributed by atoms with Crippen LogP contribution >= 0.6 is 0 Å². The molecule has 18 heavy (non-hydrogen) atoms. The summed E-state index contributed by atoms with van der Waals surface area (Å²) >= 11 is 0. The number of hydrogen-bond donors (Lipinski definition) is 1. The summed E-state index contributed by atoms with van der Waals surface area (Å²) in [7, 11) is 2.18. The molecule has 1 N–H and O–H groups in total. The third-order valence-electron chi connectivity index (χ3n) is 5.68. The fraction of sp³-hybridized carbons (Fsp3) is 1.00. The van der Waals surface area contributed by atoms with Crippen LogP contribution in [-0.4, -0.2) is 13.1 Å². The Morgan fingerprint density at radius 3 is 2.22 bits per heavy atom. The van der Waals surface area contributed by atoms with Crippen LogP contribution in [0.5, 0.6) is 0 Å². The Kier molecular flexibility index (Phi) is 5.12. The summed E-state index contributed by atoms with van der Waals surface area (Å²) in [5, 5.41) is 3.62. The van der Waals surface area contributed by atoms with Gasteiger partial charge in [-0.15, -0.1) is 0 Å². The predicted octanol–water partition coefficient (Wildman–Crippen LogP) is 4.76. The molecular weight excluding hydrogens is 218 g/mol. The highest BCUT2D eigenvalue weighted by Crippen LogP contribution is 2.40. The first kappa shape index (κ1) is 14.4. The van der Waals surface area contributed by atoms with Gasteiger partial charge in [0.15, 0.2) is 0 Å². The molecule has 1 atom stereocenters. The minimum Gasteiger partial charge on any atom is -0.317 e. The zero-order chi connectivity index (χ0) is 13.0. The smallest absolute Gasteiger partial charge is 0.00924 e. The van der Waals surface area contributed by atoms with Crippen molar-refractivity contribution in [2.45, 2.75) is 84.1 Å². The van der Waals surface area contributed by atoms with E-state index in [4.69, 9.17) is 0 Å². The van der Waals surface area contributed by atoms with Gasteiger partial charge in [0, 0.05) is 6.04 Å². The van der Waals surface area contributed by atoms with Crippen LogP contribution in [0.3, 0.4) is 0 Å². The molecule has 1 unspecified atom stereocenters. The molecule has 1 heteroatoms. The van der Waals surface area contributed by atoms with Crippen molar-refractivity contribution in [3.05, 3.63) is 0 Å². The van der Waals surface area contributed by atoms with Crippen molar-refractivity contribution in [3.63, 3.8) is 0 Å². The molecule has 2 saturated carbocycles. The quantitative estimate of drug-likeness (QED) is 0.743. The Hall–Kier alpha value is -0.0400. The average Bonchev–Trinajstić information content (AvgIpc) is 2.84. The van der Waals surface area contributed by atoms with Crippen LogP contribution in [0.2, 0.25) is 0 Å². The molecule has 0 aromatic carbocycles. The van der Waals surface area contributed by atoms with E-state index in [1.165, 1.54) is 64.2 Å². The average molecular weight is 251 g/mol. The molecule has 2 rings (SSSR count). The highest BCUT2D eigenvalue weighted by Gasteiger charge is 2.31. The summed E-state index contributed by atoms with van der Waals surface area (Å²) in [5.74, 6) is 2.00. The van der Waals surface area contributed by atoms with E-state index in [1.54, 1.807) is 0 Å². The molecular formula is C17H33N. The van der Waals surface area contributed by atoms with Gasteiger partial charge < -0.3 is 5.32 Å². The van der Waals surface area contributed by atoms with Crippen LogP contribution in [0.1, 0.15) is 78.1 Å². The lowest BCUT2D eigenvalue weighted by molar-refractivity contribution is 0.157. The van der Waals surface area contributed by atoms with Crippen molar-refractivity contribution in [1.29, 1.82) is 0 Å². The van der Waals surface area contributed by atoms with Crippen LogP contribution in [0, 0.1) is 17.3 Å². The van der Waals surface area contributed by atoms with E-state index in [9.17, 15) is 0 Å². The number of nitrogens with one attached hydrogen (secondary N) is 1. The van der Waals surface area contributed by atoms with Gasteiger partial charge in [-0.3, -0.25) is 0 Å². The van der Waals surface area contributed by atoms with Crippen LogP contribution in [0.4, 0.5) is 0 Å². The van der Waals surface area contributed by atoms with Gasteiger partial charge in [-0.2, -0.15) is 0 Å². The third-order valence-corrected chi connectivity index (χ3v) is 5.68. The Bertz CT molecular complexity index is 230. The van der Waals surface area contributed by atoms with Crippen LogP contribution in [0.25, 0.3) is 0 Å². The summed E-state index contributed by atoms with van der Waals surface area (Å²) < 4.78 is 0. The third kappa shape index (κ3) is 3.98. The maximum Gasteiger partial charge on any atom is 0.00924 e. The molecule has 0 aromatic rings. The van der Waals surface area contributed by atoms with Gasteiger partial charge in [-0.1, -0.05) is 39.5 Å². The molecule has 2 fully saturated rings. The summed E-state index contributed by atoms with van der Waals surface area (Å²) in [5.41, 5.74) is 0.611. The number of hydrogen-bond acceptors (Lipinski definition) is 1. The summed E-state index contributed by atoms with van der Waals surface area (Å²) in [6.45, 7) is 4.88. The first-order valence-corrected chi connectivity index (χ1v) is 8.28. The van der Waals surface area contributed by atoms with E-state index >= 15 is 0 Å². The first-order valence-electron chi connectivity index (χ1n) is 8.28. The molecule has 106 valence electrons. The fourth-order valence-electron chi connectivity index (χ4n) is 4.15. The lowest BCUT2D eigenvalue weighted by atomic mass is 9.70. The normalized spacial score (nSPS) is 27.5. The van der Waals surface area contributed by atoms with Gasteiger partial charge in [-0.25, -0.2) is 0 Å². The van der Waals surface area contributed by atoms with Gasteiger partial charge in [0.2, 0.25) is 0 Å². The standard InChI is InChI=1S/C17H33N/c1-17(2)12-10-15(11-13-17)16(18-3)9-8-14-6-4-5-7-14/h14-16,18H,4-13H2,1-3H3. The van der Waals surface area contributed by atoms with Gasteiger partial charge in [-0.05, 0) is 62.8 Å². The Morgan fingerprint density at radius 1 is 1.06 bits per heavy atom. The molecule has 0 amide bonds. The largest absolute Gasteiger partial charge is 0.317 e. The van der Waals surface area contributed by atoms with Crippen molar-refractivity contribution in [3.8, 4) is 0 Å². The van der Waals surface area contributed by atoms with Crippen molar-refractivity contribution in [2.24, 2.45) is 17.3 Å². The van der Waals surface area contributed by atoms with Crippen molar-refractivity contribution >= 4 is 0 Å². The lowest BCUT2D eigenvalue weighted by Gasteiger charge is -2.38. The molecule has 0 spiro atoms. The molecule has 0 radical (unpaired) electrons. The van der Waals surface area contributed by atoms with Gasteiger partial charge >= 0.3 is 0 Å². The minimum atomic E-state index is 0.611. The highest BCUT2D eigenvalue weighted by atomic mass is 14.9. The summed E-state index contributed by atoms with van der Waals surface area (Å²) in [6, 6.07) is 0.793. The summed E-state index contributed by atoms with van der Waals surface area (Å²) in [6.07, 6.45) is 14.7. The maximum absolute atomic E-state index is 3.62. The van der Waals surface area contributed by atoms with E-state index in [0.29, 0.717) is 5.41 Å². The Labute approximate surface area is 114 Å². The van der Waals surface area contributed by atoms with Gasteiger partial charge in [0.05, 0.1) is 0 Å². The molecule has 0 heterocycles. The Balaban J connectivity index is 1.74. The van der Waals surface area contributed by atoms with Gasteiger partial charge in [0.25, 0.3) is 0 Å². The molecule has 1 nitrogen and oxygen atoms in total.